The minimum absolute atomic E-state index is 0.155. The van der Waals surface area contributed by atoms with Gasteiger partial charge in [-0.05, 0) is 30.8 Å². The zero-order valence-electron chi connectivity index (χ0n) is 14.2. The number of rotatable bonds is 4. The molecule has 1 aromatic carbocycles. The highest BCUT2D eigenvalue weighted by atomic mass is 35.5. The van der Waals surface area contributed by atoms with Crippen LogP contribution in [0.2, 0.25) is 5.02 Å². The Morgan fingerprint density at radius 3 is 2.54 bits per heavy atom. The number of aromatic nitrogens is 2. The van der Waals surface area contributed by atoms with Gasteiger partial charge in [-0.25, -0.2) is 4.98 Å². The Morgan fingerprint density at radius 2 is 1.88 bits per heavy atom. The van der Waals surface area contributed by atoms with E-state index in [1.807, 2.05) is 0 Å². The van der Waals surface area contributed by atoms with Gasteiger partial charge >= 0.3 is 6.18 Å². The first-order chi connectivity index (χ1) is 12.4. The highest BCUT2D eigenvalue weighted by Gasteiger charge is 2.31. The molecule has 0 saturated carbocycles. The molecular weight excluding hydrogens is 367 g/mol. The fourth-order valence-electron chi connectivity index (χ4n) is 2.77. The van der Waals surface area contributed by atoms with Gasteiger partial charge in [0, 0.05) is 32.4 Å². The molecule has 1 N–H and O–H groups in total. The third-order valence-electron chi connectivity index (χ3n) is 4.30. The van der Waals surface area contributed by atoms with E-state index in [2.05, 4.69) is 32.0 Å². The average molecular weight is 386 g/mol. The van der Waals surface area contributed by atoms with Crippen LogP contribution in [-0.4, -0.2) is 47.6 Å². The summed E-state index contributed by atoms with van der Waals surface area (Å²) in [5.74, 6) is 0.947. The molecule has 5 nitrogen and oxygen atoms in total. The number of piperazine rings is 1. The van der Waals surface area contributed by atoms with Crippen molar-refractivity contribution in [3.63, 3.8) is 0 Å². The molecule has 0 spiro atoms. The lowest BCUT2D eigenvalue weighted by molar-refractivity contribution is -0.137. The molecular formula is C17H19ClF3N5. The number of nitrogens with zero attached hydrogens (tertiary/aromatic N) is 4. The Labute approximate surface area is 154 Å². The quantitative estimate of drug-likeness (QED) is 0.860. The third-order valence-corrected chi connectivity index (χ3v) is 4.63. The van der Waals surface area contributed by atoms with Gasteiger partial charge in [0.1, 0.15) is 5.82 Å². The summed E-state index contributed by atoms with van der Waals surface area (Å²) in [5, 5.41) is 3.05. The summed E-state index contributed by atoms with van der Waals surface area (Å²) >= 11 is 6.03. The van der Waals surface area contributed by atoms with Crippen LogP contribution < -0.4 is 10.2 Å². The van der Waals surface area contributed by atoms with Gasteiger partial charge in [-0.1, -0.05) is 18.5 Å². The topological polar surface area (TPSA) is 44.3 Å². The molecule has 1 aliphatic heterocycles. The van der Waals surface area contributed by atoms with Crippen LogP contribution >= 0.6 is 11.6 Å². The minimum atomic E-state index is -4.43. The lowest BCUT2D eigenvalue weighted by Gasteiger charge is -2.34. The molecule has 1 aromatic heterocycles. The molecule has 0 unspecified atom stereocenters. The SMILES string of the molecule is CCN1CCN(c2nccc(Nc3cc(C(F)(F)F)ccc3Cl)n2)CC1. The van der Waals surface area contributed by atoms with Crippen molar-refractivity contribution in [3.05, 3.63) is 41.0 Å². The number of hydrogen-bond acceptors (Lipinski definition) is 5. The Balaban J connectivity index is 1.77. The number of nitrogens with one attached hydrogen (secondary N) is 1. The van der Waals surface area contributed by atoms with E-state index in [-0.39, 0.29) is 10.7 Å². The van der Waals surface area contributed by atoms with Crippen molar-refractivity contribution < 1.29 is 13.2 Å². The van der Waals surface area contributed by atoms with Crippen molar-refractivity contribution in [1.29, 1.82) is 0 Å². The first-order valence-electron chi connectivity index (χ1n) is 8.31. The molecule has 2 heterocycles. The van der Waals surface area contributed by atoms with Crippen LogP contribution in [0.1, 0.15) is 12.5 Å². The van der Waals surface area contributed by atoms with E-state index < -0.39 is 11.7 Å². The Bertz CT molecular complexity index is 760. The number of halogens is 4. The number of anilines is 3. The van der Waals surface area contributed by atoms with Gasteiger partial charge in [-0.3, -0.25) is 0 Å². The molecule has 2 aromatic rings. The molecule has 26 heavy (non-hydrogen) atoms. The van der Waals surface area contributed by atoms with E-state index in [1.165, 1.54) is 6.07 Å². The molecule has 1 saturated heterocycles. The summed E-state index contributed by atoms with van der Waals surface area (Å²) in [6.45, 7) is 6.59. The summed E-state index contributed by atoms with van der Waals surface area (Å²) in [6, 6.07) is 4.75. The molecule has 3 rings (SSSR count). The second kappa shape index (κ2) is 7.67. The predicted molar refractivity (Wildman–Crippen MR) is 96.1 cm³/mol. The molecule has 9 heteroatoms. The molecule has 1 aliphatic rings. The van der Waals surface area contributed by atoms with Crippen molar-refractivity contribution in [1.82, 2.24) is 14.9 Å². The molecule has 0 bridgehead atoms. The van der Waals surface area contributed by atoms with Crippen molar-refractivity contribution >= 4 is 29.1 Å². The maximum atomic E-state index is 12.9. The van der Waals surface area contributed by atoms with Crippen molar-refractivity contribution in [2.75, 3.05) is 42.9 Å². The van der Waals surface area contributed by atoms with Crippen LogP contribution in [0.25, 0.3) is 0 Å². The maximum Gasteiger partial charge on any atom is 0.416 e. The Morgan fingerprint density at radius 1 is 1.15 bits per heavy atom. The van der Waals surface area contributed by atoms with E-state index >= 15 is 0 Å². The highest BCUT2D eigenvalue weighted by Crippen LogP contribution is 2.34. The predicted octanol–water partition coefficient (Wildman–Crippen LogP) is 4.03. The average Bonchev–Trinajstić information content (AvgIpc) is 2.63. The maximum absolute atomic E-state index is 12.9. The van der Waals surface area contributed by atoms with Crippen LogP contribution in [0, 0.1) is 0 Å². The normalized spacial score (nSPS) is 16.0. The number of likely N-dealkylation sites (N-methyl/N-ethyl adjacent to an activating group) is 1. The number of alkyl halides is 3. The van der Waals surface area contributed by atoms with Gasteiger partial charge in [-0.15, -0.1) is 0 Å². The largest absolute Gasteiger partial charge is 0.416 e. The van der Waals surface area contributed by atoms with Gasteiger partial charge in [0.15, 0.2) is 0 Å². The number of hydrogen-bond donors (Lipinski definition) is 1. The number of benzene rings is 1. The van der Waals surface area contributed by atoms with Crippen LogP contribution in [0.3, 0.4) is 0 Å². The van der Waals surface area contributed by atoms with Gasteiger partial charge < -0.3 is 15.1 Å². The molecule has 0 aliphatic carbocycles. The first-order valence-corrected chi connectivity index (χ1v) is 8.68. The van der Waals surface area contributed by atoms with E-state index in [9.17, 15) is 13.2 Å². The summed E-state index contributed by atoms with van der Waals surface area (Å²) in [7, 11) is 0. The van der Waals surface area contributed by atoms with Crippen molar-refractivity contribution in [3.8, 4) is 0 Å². The van der Waals surface area contributed by atoms with Crippen LogP contribution in [0.15, 0.2) is 30.5 Å². The highest BCUT2D eigenvalue weighted by molar-refractivity contribution is 6.33. The summed E-state index contributed by atoms with van der Waals surface area (Å²) in [4.78, 5) is 13.1. The van der Waals surface area contributed by atoms with Gasteiger partial charge in [0.2, 0.25) is 5.95 Å². The smallest absolute Gasteiger partial charge is 0.339 e. The van der Waals surface area contributed by atoms with Crippen LogP contribution in [-0.2, 0) is 6.18 Å². The van der Waals surface area contributed by atoms with E-state index in [1.54, 1.807) is 12.3 Å². The molecule has 140 valence electrons. The van der Waals surface area contributed by atoms with Gasteiger partial charge in [0.05, 0.1) is 16.3 Å². The zero-order valence-corrected chi connectivity index (χ0v) is 15.0. The zero-order chi connectivity index (χ0) is 18.7. The lowest BCUT2D eigenvalue weighted by Crippen LogP contribution is -2.46. The summed E-state index contributed by atoms with van der Waals surface area (Å²) < 4.78 is 38.7. The lowest BCUT2D eigenvalue weighted by atomic mass is 10.2. The standard InChI is InChI=1S/C17H19ClF3N5/c1-2-25-7-9-26(10-8-25)16-22-6-5-15(24-16)23-14-11-12(17(19,20)21)3-4-13(14)18/h3-6,11H,2,7-10H2,1H3,(H,22,23,24). The summed E-state index contributed by atoms with van der Waals surface area (Å²) in [6.07, 6.45) is -2.85. The Hall–Kier alpha value is -2.06. The summed E-state index contributed by atoms with van der Waals surface area (Å²) in [5.41, 5.74) is -0.615. The van der Waals surface area contributed by atoms with Gasteiger partial charge in [-0.2, -0.15) is 18.2 Å². The fraction of sp³-hybridized carbons (Fsp3) is 0.412. The van der Waals surface area contributed by atoms with E-state index in [0.717, 1.165) is 44.9 Å². The second-order valence-electron chi connectivity index (χ2n) is 5.98. The van der Waals surface area contributed by atoms with Crippen molar-refractivity contribution in [2.24, 2.45) is 0 Å². The molecule has 0 radical (unpaired) electrons. The molecule has 0 amide bonds. The van der Waals surface area contributed by atoms with Gasteiger partial charge in [0.25, 0.3) is 0 Å². The van der Waals surface area contributed by atoms with E-state index in [0.29, 0.717) is 11.8 Å². The van der Waals surface area contributed by atoms with Crippen LogP contribution in [0.4, 0.5) is 30.6 Å². The van der Waals surface area contributed by atoms with Crippen LogP contribution in [0.5, 0.6) is 0 Å². The monoisotopic (exact) mass is 385 g/mol. The molecule has 0 atom stereocenters. The fourth-order valence-corrected chi connectivity index (χ4v) is 2.93. The minimum Gasteiger partial charge on any atom is -0.339 e. The first kappa shape index (κ1) is 18.7. The molecule has 1 fully saturated rings. The third kappa shape index (κ3) is 4.37. The van der Waals surface area contributed by atoms with E-state index in [4.69, 9.17) is 11.6 Å². The Kier molecular flexibility index (Phi) is 5.52. The second-order valence-corrected chi connectivity index (χ2v) is 6.39. The van der Waals surface area contributed by atoms with Crippen molar-refractivity contribution in [2.45, 2.75) is 13.1 Å².